The molecule has 3 aromatic rings. The monoisotopic (exact) mass is 327 g/mol. The minimum absolute atomic E-state index is 0.0988. The van der Waals surface area contributed by atoms with E-state index in [1.165, 1.54) is 12.1 Å². The zero-order chi connectivity index (χ0) is 17.1. The second kappa shape index (κ2) is 6.49. The van der Waals surface area contributed by atoms with Crippen LogP contribution in [0.25, 0.3) is 10.9 Å². The van der Waals surface area contributed by atoms with Crippen molar-refractivity contribution in [3.63, 3.8) is 0 Å². The van der Waals surface area contributed by atoms with Gasteiger partial charge in [0.1, 0.15) is 11.6 Å². The van der Waals surface area contributed by atoms with Gasteiger partial charge in [0.15, 0.2) is 5.82 Å². The van der Waals surface area contributed by atoms with Crippen molar-refractivity contribution in [2.45, 2.75) is 6.54 Å². The number of hydrogen-bond donors (Lipinski definition) is 2. The van der Waals surface area contributed by atoms with E-state index in [2.05, 4.69) is 15.3 Å². The van der Waals surface area contributed by atoms with Crippen LogP contribution in [0.15, 0.2) is 47.3 Å². The number of ether oxygens (including phenoxy) is 1. The Hall–Kier alpha value is -3.22. The summed E-state index contributed by atoms with van der Waals surface area (Å²) in [5.74, 6) is -0.453. The normalized spacial score (nSPS) is 10.6. The molecule has 1 aromatic heterocycles. The number of carbonyl (C=O) groups is 1. The first-order valence-electron chi connectivity index (χ1n) is 7.17. The number of aromatic amines is 1. The number of benzene rings is 2. The van der Waals surface area contributed by atoms with Crippen LogP contribution < -0.4 is 15.6 Å². The van der Waals surface area contributed by atoms with Crippen LogP contribution in [0.5, 0.6) is 5.75 Å². The molecule has 24 heavy (non-hydrogen) atoms. The maximum absolute atomic E-state index is 13.2. The van der Waals surface area contributed by atoms with Crippen LogP contribution in [0.4, 0.5) is 4.39 Å². The summed E-state index contributed by atoms with van der Waals surface area (Å²) < 4.78 is 18.2. The van der Waals surface area contributed by atoms with Gasteiger partial charge in [0.05, 0.1) is 18.0 Å². The first-order chi connectivity index (χ1) is 11.6. The molecule has 0 aliphatic heterocycles. The van der Waals surface area contributed by atoms with Crippen LogP contribution in [0, 0.1) is 5.82 Å². The largest absolute Gasteiger partial charge is 0.497 e. The lowest BCUT2D eigenvalue weighted by Gasteiger charge is -2.06. The average Bonchev–Trinajstić information content (AvgIpc) is 2.60. The van der Waals surface area contributed by atoms with Crippen molar-refractivity contribution in [1.82, 2.24) is 15.3 Å². The molecule has 0 aliphatic carbocycles. The highest BCUT2D eigenvalue weighted by Crippen LogP contribution is 2.11. The maximum atomic E-state index is 13.2. The van der Waals surface area contributed by atoms with Crippen molar-refractivity contribution < 1.29 is 13.9 Å². The van der Waals surface area contributed by atoms with Gasteiger partial charge in [-0.25, -0.2) is 9.37 Å². The maximum Gasteiger partial charge on any atom is 0.287 e. The van der Waals surface area contributed by atoms with Gasteiger partial charge in [-0.2, -0.15) is 0 Å². The SMILES string of the molecule is COc1ccc(CNC(=O)c2nc3ccc(F)cc3c(=O)[nH]2)cc1. The van der Waals surface area contributed by atoms with Gasteiger partial charge in [0.2, 0.25) is 0 Å². The average molecular weight is 327 g/mol. The fourth-order valence-corrected chi connectivity index (χ4v) is 2.23. The lowest BCUT2D eigenvalue weighted by Crippen LogP contribution is -2.27. The molecule has 2 N–H and O–H groups in total. The van der Waals surface area contributed by atoms with Crippen LogP contribution >= 0.6 is 0 Å². The van der Waals surface area contributed by atoms with Crippen LogP contribution in [-0.4, -0.2) is 23.0 Å². The Bertz CT molecular complexity index is 951. The van der Waals surface area contributed by atoms with E-state index in [-0.39, 0.29) is 23.3 Å². The molecular formula is C17H14FN3O3. The van der Waals surface area contributed by atoms with Gasteiger partial charge in [-0.15, -0.1) is 0 Å². The van der Waals surface area contributed by atoms with E-state index in [1.807, 2.05) is 12.1 Å². The van der Waals surface area contributed by atoms with Crippen LogP contribution in [0.3, 0.4) is 0 Å². The number of methoxy groups -OCH3 is 1. The molecule has 0 unspecified atom stereocenters. The predicted molar refractivity (Wildman–Crippen MR) is 86.5 cm³/mol. The lowest BCUT2D eigenvalue weighted by molar-refractivity contribution is 0.0940. The molecule has 0 atom stereocenters. The van der Waals surface area contributed by atoms with Crippen LogP contribution in [0.2, 0.25) is 0 Å². The molecule has 3 rings (SSSR count). The highest BCUT2D eigenvalue weighted by atomic mass is 19.1. The third kappa shape index (κ3) is 3.24. The van der Waals surface area contributed by atoms with Crippen molar-refractivity contribution in [2.24, 2.45) is 0 Å². The van der Waals surface area contributed by atoms with Crippen molar-refractivity contribution >= 4 is 16.8 Å². The van der Waals surface area contributed by atoms with Gasteiger partial charge >= 0.3 is 0 Å². The number of nitrogens with one attached hydrogen (secondary N) is 2. The quantitative estimate of drug-likeness (QED) is 0.768. The number of halogens is 1. The predicted octanol–water partition coefficient (Wildman–Crippen LogP) is 2.00. The van der Waals surface area contributed by atoms with E-state index in [4.69, 9.17) is 4.74 Å². The molecule has 1 heterocycles. The fourth-order valence-electron chi connectivity index (χ4n) is 2.23. The molecule has 122 valence electrons. The molecule has 0 saturated carbocycles. The summed E-state index contributed by atoms with van der Waals surface area (Å²) in [5, 5.41) is 2.77. The third-order valence-electron chi connectivity index (χ3n) is 3.49. The summed E-state index contributed by atoms with van der Waals surface area (Å²) in [7, 11) is 1.57. The Morgan fingerprint density at radius 2 is 2.00 bits per heavy atom. The van der Waals surface area contributed by atoms with Gasteiger partial charge in [0.25, 0.3) is 11.5 Å². The number of nitrogens with zero attached hydrogens (tertiary/aromatic N) is 1. The number of aromatic nitrogens is 2. The van der Waals surface area contributed by atoms with E-state index in [0.29, 0.717) is 0 Å². The molecule has 0 aliphatic rings. The standard InChI is InChI=1S/C17H14FN3O3/c1-24-12-5-2-10(3-6-12)9-19-17(23)15-20-14-7-4-11(18)8-13(14)16(22)21-15/h2-8H,9H2,1H3,(H,19,23)(H,20,21,22). The highest BCUT2D eigenvalue weighted by Gasteiger charge is 2.11. The first-order valence-corrected chi connectivity index (χ1v) is 7.17. The zero-order valence-electron chi connectivity index (χ0n) is 12.8. The fraction of sp³-hybridized carbons (Fsp3) is 0.118. The number of hydrogen-bond acceptors (Lipinski definition) is 4. The number of amides is 1. The van der Waals surface area contributed by atoms with E-state index >= 15 is 0 Å². The Balaban J connectivity index is 1.78. The second-order valence-corrected chi connectivity index (χ2v) is 5.11. The summed E-state index contributed by atoms with van der Waals surface area (Å²) in [6.07, 6.45) is 0. The Morgan fingerprint density at radius 1 is 1.25 bits per heavy atom. The van der Waals surface area contributed by atoms with Crippen molar-refractivity contribution in [1.29, 1.82) is 0 Å². The number of fused-ring (bicyclic) bond motifs is 1. The van der Waals surface area contributed by atoms with Crippen molar-refractivity contribution in [2.75, 3.05) is 7.11 Å². The van der Waals surface area contributed by atoms with Crippen LogP contribution in [-0.2, 0) is 6.54 Å². The molecule has 2 aromatic carbocycles. The van der Waals surface area contributed by atoms with Gasteiger partial charge in [-0.1, -0.05) is 12.1 Å². The Morgan fingerprint density at radius 3 is 2.71 bits per heavy atom. The molecular weight excluding hydrogens is 313 g/mol. The molecule has 0 spiro atoms. The molecule has 0 bridgehead atoms. The molecule has 6 nitrogen and oxygen atoms in total. The summed E-state index contributed by atoms with van der Waals surface area (Å²) >= 11 is 0. The molecule has 0 fully saturated rings. The van der Waals surface area contributed by atoms with Gasteiger partial charge in [-0.3, -0.25) is 9.59 Å². The van der Waals surface area contributed by atoms with E-state index < -0.39 is 17.3 Å². The topological polar surface area (TPSA) is 84.1 Å². The smallest absolute Gasteiger partial charge is 0.287 e. The first kappa shape index (κ1) is 15.7. The Labute approximate surface area is 136 Å². The van der Waals surface area contributed by atoms with Gasteiger partial charge < -0.3 is 15.0 Å². The van der Waals surface area contributed by atoms with Crippen LogP contribution in [0.1, 0.15) is 16.2 Å². The number of carbonyl (C=O) groups excluding carboxylic acids is 1. The molecule has 7 heteroatoms. The van der Waals surface area contributed by atoms with Gasteiger partial charge in [-0.05, 0) is 35.9 Å². The number of rotatable bonds is 4. The molecule has 0 saturated heterocycles. The Kier molecular flexibility index (Phi) is 4.24. The third-order valence-corrected chi connectivity index (χ3v) is 3.49. The van der Waals surface area contributed by atoms with E-state index in [9.17, 15) is 14.0 Å². The summed E-state index contributed by atoms with van der Waals surface area (Å²) in [5.41, 5.74) is 0.568. The molecule has 1 amide bonds. The second-order valence-electron chi connectivity index (χ2n) is 5.11. The van der Waals surface area contributed by atoms with Crippen molar-refractivity contribution in [3.8, 4) is 5.75 Å². The zero-order valence-corrected chi connectivity index (χ0v) is 12.8. The lowest BCUT2D eigenvalue weighted by atomic mass is 10.2. The number of H-pyrrole nitrogens is 1. The summed E-state index contributed by atoms with van der Waals surface area (Å²) in [6.45, 7) is 0.272. The van der Waals surface area contributed by atoms with E-state index in [1.54, 1.807) is 19.2 Å². The minimum Gasteiger partial charge on any atom is -0.497 e. The van der Waals surface area contributed by atoms with E-state index in [0.717, 1.165) is 17.4 Å². The summed E-state index contributed by atoms with van der Waals surface area (Å²) in [6, 6.07) is 10.8. The van der Waals surface area contributed by atoms with Gasteiger partial charge in [0, 0.05) is 6.54 Å². The summed E-state index contributed by atoms with van der Waals surface area (Å²) in [4.78, 5) is 30.5. The highest BCUT2D eigenvalue weighted by molar-refractivity contribution is 5.92. The molecule has 0 radical (unpaired) electrons. The van der Waals surface area contributed by atoms with Crippen molar-refractivity contribution in [3.05, 3.63) is 70.0 Å². The minimum atomic E-state index is -0.561.